The molecule has 0 aromatic heterocycles. The summed E-state index contributed by atoms with van der Waals surface area (Å²) >= 11 is 0. The van der Waals surface area contributed by atoms with E-state index in [0.29, 0.717) is 19.8 Å². The number of fused-ring (bicyclic) bond motifs is 1. The summed E-state index contributed by atoms with van der Waals surface area (Å²) in [7, 11) is 0. The van der Waals surface area contributed by atoms with E-state index in [9.17, 15) is 10.1 Å². The number of hydrogen-bond donors (Lipinski definition) is 1. The van der Waals surface area contributed by atoms with Crippen molar-refractivity contribution in [3.63, 3.8) is 0 Å². The Labute approximate surface area is 137 Å². The molecule has 0 aliphatic carbocycles. The number of ether oxygens (including phenoxy) is 1. The Morgan fingerprint density at radius 3 is 3.09 bits per heavy atom. The van der Waals surface area contributed by atoms with E-state index in [2.05, 4.69) is 11.4 Å². The summed E-state index contributed by atoms with van der Waals surface area (Å²) in [4.78, 5) is 14.1. The van der Waals surface area contributed by atoms with Crippen molar-refractivity contribution in [2.75, 3.05) is 31.2 Å². The van der Waals surface area contributed by atoms with Gasteiger partial charge in [0.15, 0.2) is 0 Å². The van der Waals surface area contributed by atoms with Crippen LogP contribution in [-0.4, -0.2) is 32.2 Å². The molecule has 2 rings (SSSR count). The fourth-order valence-electron chi connectivity index (χ4n) is 2.61. The Bertz CT molecular complexity index is 605. The van der Waals surface area contributed by atoms with Gasteiger partial charge in [0.1, 0.15) is 11.6 Å². The molecule has 1 aliphatic rings. The number of para-hydroxylation sites is 1. The summed E-state index contributed by atoms with van der Waals surface area (Å²) in [6.07, 6.45) is 4.45. The molecule has 122 valence electrons. The molecule has 0 saturated heterocycles. The zero-order valence-electron chi connectivity index (χ0n) is 13.5. The van der Waals surface area contributed by atoms with Crippen molar-refractivity contribution in [3.05, 3.63) is 41.6 Å². The lowest BCUT2D eigenvalue weighted by molar-refractivity contribution is -0.117. The van der Waals surface area contributed by atoms with Gasteiger partial charge in [0.2, 0.25) is 0 Å². The van der Waals surface area contributed by atoms with Crippen molar-refractivity contribution >= 4 is 11.6 Å². The first kappa shape index (κ1) is 17.0. The third kappa shape index (κ3) is 4.83. The van der Waals surface area contributed by atoms with Gasteiger partial charge in [-0.1, -0.05) is 18.2 Å². The van der Waals surface area contributed by atoms with Crippen molar-refractivity contribution < 1.29 is 9.53 Å². The summed E-state index contributed by atoms with van der Waals surface area (Å²) in [5, 5.41) is 12.1. The van der Waals surface area contributed by atoms with Crippen LogP contribution in [0.1, 0.15) is 25.3 Å². The SMILES string of the molecule is CCOCCCNC(=O)/C(C#N)=C\N1CCCc2ccccc21. The van der Waals surface area contributed by atoms with Crippen molar-refractivity contribution in [1.29, 1.82) is 5.26 Å². The first-order chi connectivity index (χ1) is 11.3. The molecule has 1 heterocycles. The van der Waals surface area contributed by atoms with E-state index in [4.69, 9.17) is 4.74 Å². The zero-order chi connectivity index (χ0) is 16.5. The molecule has 23 heavy (non-hydrogen) atoms. The van der Waals surface area contributed by atoms with E-state index in [1.54, 1.807) is 6.20 Å². The molecule has 0 atom stereocenters. The zero-order valence-corrected chi connectivity index (χ0v) is 13.5. The Kier molecular flexibility index (Phi) is 6.64. The van der Waals surface area contributed by atoms with E-state index in [0.717, 1.165) is 31.5 Å². The number of rotatable bonds is 7. The first-order valence-electron chi connectivity index (χ1n) is 8.08. The van der Waals surface area contributed by atoms with Crippen LogP contribution in [-0.2, 0) is 16.0 Å². The molecule has 0 radical (unpaired) electrons. The molecule has 0 spiro atoms. The van der Waals surface area contributed by atoms with Crippen molar-refractivity contribution in [2.24, 2.45) is 0 Å². The van der Waals surface area contributed by atoms with Crippen LogP contribution in [0.4, 0.5) is 5.69 Å². The number of carbonyl (C=O) groups excluding carboxylic acids is 1. The van der Waals surface area contributed by atoms with Crippen LogP contribution in [0.25, 0.3) is 0 Å². The lowest BCUT2D eigenvalue weighted by atomic mass is 10.0. The minimum Gasteiger partial charge on any atom is -0.382 e. The van der Waals surface area contributed by atoms with Gasteiger partial charge in [-0.25, -0.2) is 0 Å². The van der Waals surface area contributed by atoms with Gasteiger partial charge in [-0.15, -0.1) is 0 Å². The smallest absolute Gasteiger partial charge is 0.263 e. The maximum absolute atomic E-state index is 12.1. The fourth-order valence-corrected chi connectivity index (χ4v) is 2.61. The van der Waals surface area contributed by atoms with E-state index in [1.165, 1.54) is 5.56 Å². The summed E-state index contributed by atoms with van der Waals surface area (Å²) in [5.41, 5.74) is 2.47. The molecule has 1 amide bonds. The highest BCUT2D eigenvalue weighted by Crippen LogP contribution is 2.27. The van der Waals surface area contributed by atoms with Gasteiger partial charge < -0.3 is 15.0 Å². The predicted octanol–water partition coefficient (Wildman–Crippen LogP) is 2.39. The van der Waals surface area contributed by atoms with Gasteiger partial charge in [0, 0.05) is 38.2 Å². The molecule has 0 saturated carbocycles. The summed E-state index contributed by atoms with van der Waals surface area (Å²) in [6.45, 7) is 4.55. The molecule has 0 unspecified atom stereocenters. The maximum Gasteiger partial charge on any atom is 0.263 e. The van der Waals surface area contributed by atoms with Crippen LogP contribution in [0.15, 0.2) is 36.0 Å². The number of nitrogens with one attached hydrogen (secondary N) is 1. The largest absolute Gasteiger partial charge is 0.382 e. The number of nitriles is 1. The summed E-state index contributed by atoms with van der Waals surface area (Å²) in [6, 6.07) is 10.1. The van der Waals surface area contributed by atoms with E-state index < -0.39 is 0 Å². The maximum atomic E-state index is 12.1. The first-order valence-corrected chi connectivity index (χ1v) is 8.08. The average Bonchev–Trinajstić information content (AvgIpc) is 2.59. The quantitative estimate of drug-likeness (QED) is 0.477. The van der Waals surface area contributed by atoms with Crippen molar-refractivity contribution in [2.45, 2.75) is 26.2 Å². The number of nitrogens with zero attached hydrogens (tertiary/aromatic N) is 2. The van der Waals surface area contributed by atoms with Gasteiger partial charge in [-0.3, -0.25) is 4.79 Å². The van der Waals surface area contributed by atoms with Crippen molar-refractivity contribution in [3.8, 4) is 6.07 Å². The highest BCUT2D eigenvalue weighted by Gasteiger charge is 2.17. The summed E-state index contributed by atoms with van der Waals surface area (Å²) in [5.74, 6) is -0.327. The van der Waals surface area contributed by atoms with Crippen LogP contribution in [0.2, 0.25) is 0 Å². The van der Waals surface area contributed by atoms with Crippen LogP contribution >= 0.6 is 0 Å². The van der Waals surface area contributed by atoms with Crippen LogP contribution in [0.3, 0.4) is 0 Å². The molecular formula is C18H23N3O2. The number of hydrogen-bond acceptors (Lipinski definition) is 4. The third-order valence-electron chi connectivity index (χ3n) is 3.75. The lowest BCUT2D eigenvalue weighted by Gasteiger charge is -2.28. The normalized spacial score (nSPS) is 14.1. The molecule has 1 aliphatic heterocycles. The second kappa shape index (κ2) is 8.96. The monoisotopic (exact) mass is 313 g/mol. The molecule has 1 aromatic rings. The van der Waals surface area contributed by atoms with Crippen LogP contribution in [0, 0.1) is 11.3 Å². The second-order valence-electron chi connectivity index (χ2n) is 5.39. The molecule has 5 nitrogen and oxygen atoms in total. The van der Waals surface area contributed by atoms with Gasteiger partial charge in [0.25, 0.3) is 5.91 Å². The van der Waals surface area contributed by atoms with Gasteiger partial charge in [-0.05, 0) is 37.8 Å². The molecule has 0 bridgehead atoms. The van der Waals surface area contributed by atoms with Gasteiger partial charge in [-0.2, -0.15) is 5.26 Å². The number of aryl methyl sites for hydroxylation is 1. The highest BCUT2D eigenvalue weighted by atomic mass is 16.5. The number of amides is 1. The minimum atomic E-state index is -0.327. The Morgan fingerprint density at radius 1 is 1.48 bits per heavy atom. The molecular weight excluding hydrogens is 290 g/mol. The Morgan fingerprint density at radius 2 is 2.30 bits per heavy atom. The van der Waals surface area contributed by atoms with Crippen LogP contribution < -0.4 is 10.2 Å². The number of benzene rings is 1. The molecule has 1 aromatic carbocycles. The highest BCUT2D eigenvalue weighted by molar-refractivity contribution is 5.97. The Hall–Kier alpha value is -2.32. The minimum absolute atomic E-state index is 0.137. The fraction of sp³-hybridized carbons (Fsp3) is 0.444. The van der Waals surface area contributed by atoms with E-state index in [-0.39, 0.29) is 11.5 Å². The van der Waals surface area contributed by atoms with Crippen molar-refractivity contribution in [1.82, 2.24) is 5.32 Å². The molecule has 5 heteroatoms. The molecule has 0 fully saturated rings. The molecule has 1 N–H and O–H groups in total. The predicted molar refractivity (Wildman–Crippen MR) is 89.9 cm³/mol. The van der Waals surface area contributed by atoms with Gasteiger partial charge in [0.05, 0.1) is 0 Å². The van der Waals surface area contributed by atoms with Gasteiger partial charge >= 0.3 is 0 Å². The Balaban J connectivity index is 1.99. The second-order valence-corrected chi connectivity index (χ2v) is 5.39. The van der Waals surface area contributed by atoms with Crippen LogP contribution in [0.5, 0.6) is 0 Å². The van der Waals surface area contributed by atoms with E-state index in [1.807, 2.05) is 36.1 Å². The standard InChI is InChI=1S/C18H23N3O2/c1-2-23-12-6-10-20-18(22)16(13-19)14-21-11-5-8-15-7-3-4-9-17(15)21/h3-4,7,9,14H,2,5-6,8,10-12H2,1H3,(H,20,22)/b16-14-. The number of anilines is 1. The third-order valence-corrected chi connectivity index (χ3v) is 3.75. The lowest BCUT2D eigenvalue weighted by Crippen LogP contribution is -2.29. The van der Waals surface area contributed by atoms with E-state index >= 15 is 0 Å². The number of carbonyl (C=O) groups is 1. The average molecular weight is 313 g/mol. The summed E-state index contributed by atoms with van der Waals surface area (Å²) < 4.78 is 5.22. The topological polar surface area (TPSA) is 65.4 Å².